The molecule has 4 heteroatoms. The van der Waals surface area contributed by atoms with Crippen LogP contribution in [0.25, 0.3) is 0 Å². The summed E-state index contributed by atoms with van der Waals surface area (Å²) >= 11 is 1.55. The van der Waals surface area contributed by atoms with Gasteiger partial charge < -0.3 is 4.90 Å². The van der Waals surface area contributed by atoms with E-state index in [0.29, 0.717) is 12.1 Å². The number of carbonyl (C=O) groups is 1. The van der Waals surface area contributed by atoms with Gasteiger partial charge in [0, 0.05) is 25.2 Å². The van der Waals surface area contributed by atoms with Gasteiger partial charge in [-0.15, -0.1) is 11.3 Å². The Balaban J connectivity index is 1.76. The van der Waals surface area contributed by atoms with Crippen molar-refractivity contribution >= 4 is 17.2 Å². The lowest BCUT2D eigenvalue weighted by molar-refractivity contribution is 0.0400. The average molecular weight is 250 g/mol. The van der Waals surface area contributed by atoms with E-state index in [1.807, 2.05) is 17.5 Å². The molecule has 0 spiro atoms. The van der Waals surface area contributed by atoms with E-state index in [1.165, 1.54) is 19.4 Å². The molecule has 2 aliphatic heterocycles. The van der Waals surface area contributed by atoms with Crippen molar-refractivity contribution in [2.75, 3.05) is 19.6 Å². The number of thiophene rings is 1. The Hall–Kier alpha value is -0.870. The average Bonchev–Trinajstić information content (AvgIpc) is 2.97. The molecule has 0 saturated carbocycles. The Bertz CT molecular complexity index is 404. The predicted octanol–water partition coefficient (Wildman–Crippen LogP) is 2.06. The molecule has 2 saturated heterocycles. The zero-order valence-corrected chi connectivity index (χ0v) is 10.9. The smallest absolute Gasteiger partial charge is 0.264 e. The van der Waals surface area contributed by atoms with Crippen molar-refractivity contribution in [1.82, 2.24) is 9.80 Å². The topological polar surface area (TPSA) is 23.6 Å². The standard InChI is InChI=1S/C13H18N2OS/c1-10-8-14-6-2-4-11(14)9-15(10)13(16)12-5-3-7-17-12/h3,5,7,10-11H,2,4,6,8-9H2,1H3. The summed E-state index contributed by atoms with van der Waals surface area (Å²) in [6, 6.07) is 4.84. The Kier molecular flexibility index (Phi) is 2.92. The summed E-state index contributed by atoms with van der Waals surface area (Å²) in [5, 5.41) is 1.98. The third-order valence-corrected chi connectivity index (χ3v) is 4.79. The van der Waals surface area contributed by atoms with Gasteiger partial charge in [-0.2, -0.15) is 0 Å². The van der Waals surface area contributed by atoms with Crippen LogP contribution >= 0.6 is 11.3 Å². The van der Waals surface area contributed by atoms with Crippen molar-refractivity contribution in [3.8, 4) is 0 Å². The number of nitrogens with zero attached hydrogens (tertiary/aromatic N) is 2. The quantitative estimate of drug-likeness (QED) is 0.761. The molecular formula is C13H18N2OS. The fraction of sp³-hybridized carbons (Fsp3) is 0.615. The Morgan fingerprint density at radius 3 is 3.12 bits per heavy atom. The fourth-order valence-electron chi connectivity index (χ4n) is 3.01. The minimum atomic E-state index is 0.221. The van der Waals surface area contributed by atoms with Gasteiger partial charge in [0.15, 0.2) is 0 Å². The monoisotopic (exact) mass is 250 g/mol. The van der Waals surface area contributed by atoms with Gasteiger partial charge in [0.25, 0.3) is 5.91 Å². The number of piperazine rings is 1. The van der Waals surface area contributed by atoms with Crippen molar-refractivity contribution in [3.63, 3.8) is 0 Å². The van der Waals surface area contributed by atoms with Crippen LogP contribution in [0.1, 0.15) is 29.4 Å². The first-order valence-electron chi connectivity index (χ1n) is 6.34. The lowest BCUT2D eigenvalue weighted by atomic mass is 10.1. The van der Waals surface area contributed by atoms with E-state index < -0.39 is 0 Å². The Labute approximate surface area is 106 Å². The number of carbonyl (C=O) groups excluding carboxylic acids is 1. The van der Waals surface area contributed by atoms with Crippen molar-refractivity contribution in [2.45, 2.75) is 31.8 Å². The number of hydrogen-bond acceptors (Lipinski definition) is 3. The van der Waals surface area contributed by atoms with Crippen LogP contribution in [0.4, 0.5) is 0 Å². The zero-order valence-electron chi connectivity index (χ0n) is 10.1. The number of hydrogen-bond donors (Lipinski definition) is 0. The number of fused-ring (bicyclic) bond motifs is 1. The molecule has 0 aromatic carbocycles. The minimum Gasteiger partial charge on any atom is -0.332 e. The molecule has 0 aliphatic carbocycles. The largest absolute Gasteiger partial charge is 0.332 e. The van der Waals surface area contributed by atoms with Crippen LogP contribution in [-0.4, -0.2) is 47.4 Å². The van der Waals surface area contributed by atoms with E-state index in [4.69, 9.17) is 0 Å². The SMILES string of the molecule is CC1CN2CCCC2CN1C(=O)c1cccs1. The molecule has 0 bridgehead atoms. The molecule has 92 valence electrons. The van der Waals surface area contributed by atoms with Crippen molar-refractivity contribution < 1.29 is 4.79 Å². The lowest BCUT2D eigenvalue weighted by Gasteiger charge is -2.42. The maximum Gasteiger partial charge on any atom is 0.264 e. The maximum atomic E-state index is 12.4. The van der Waals surface area contributed by atoms with Gasteiger partial charge in [-0.3, -0.25) is 9.69 Å². The van der Waals surface area contributed by atoms with Gasteiger partial charge >= 0.3 is 0 Å². The predicted molar refractivity (Wildman–Crippen MR) is 69.4 cm³/mol. The first kappa shape index (κ1) is 11.2. The van der Waals surface area contributed by atoms with Crippen LogP contribution < -0.4 is 0 Å². The van der Waals surface area contributed by atoms with Crippen LogP contribution in [0.2, 0.25) is 0 Å². The van der Waals surface area contributed by atoms with Gasteiger partial charge in [-0.05, 0) is 37.8 Å². The summed E-state index contributed by atoms with van der Waals surface area (Å²) in [4.78, 5) is 17.9. The van der Waals surface area contributed by atoms with Crippen LogP contribution in [0.5, 0.6) is 0 Å². The Morgan fingerprint density at radius 1 is 1.47 bits per heavy atom. The molecule has 2 fully saturated rings. The van der Waals surface area contributed by atoms with E-state index >= 15 is 0 Å². The van der Waals surface area contributed by atoms with Crippen LogP contribution in [0, 0.1) is 0 Å². The van der Waals surface area contributed by atoms with Gasteiger partial charge in [-0.25, -0.2) is 0 Å². The molecule has 17 heavy (non-hydrogen) atoms. The summed E-state index contributed by atoms with van der Waals surface area (Å²) in [5.41, 5.74) is 0. The maximum absolute atomic E-state index is 12.4. The number of rotatable bonds is 1. The second-order valence-corrected chi connectivity index (χ2v) is 6.02. The van der Waals surface area contributed by atoms with Gasteiger partial charge in [-0.1, -0.05) is 6.07 Å². The lowest BCUT2D eigenvalue weighted by Crippen LogP contribution is -2.56. The normalized spacial score (nSPS) is 29.4. The molecule has 2 atom stereocenters. The summed E-state index contributed by atoms with van der Waals surface area (Å²) < 4.78 is 0. The van der Waals surface area contributed by atoms with Gasteiger partial charge in [0.05, 0.1) is 4.88 Å². The van der Waals surface area contributed by atoms with Crippen LogP contribution in [0.15, 0.2) is 17.5 Å². The third kappa shape index (κ3) is 2.00. The van der Waals surface area contributed by atoms with E-state index in [9.17, 15) is 4.79 Å². The Morgan fingerprint density at radius 2 is 2.35 bits per heavy atom. The first-order chi connectivity index (χ1) is 8.25. The highest BCUT2D eigenvalue weighted by Gasteiger charge is 2.36. The molecule has 1 aromatic heterocycles. The molecule has 0 radical (unpaired) electrons. The van der Waals surface area contributed by atoms with Gasteiger partial charge in [0.2, 0.25) is 0 Å². The van der Waals surface area contributed by atoms with Crippen molar-refractivity contribution in [1.29, 1.82) is 0 Å². The van der Waals surface area contributed by atoms with Gasteiger partial charge in [0.1, 0.15) is 0 Å². The molecule has 3 rings (SSSR count). The van der Waals surface area contributed by atoms with E-state index in [1.54, 1.807) is 11.3 Å². The summed E-state index contributed by atoms with van der Waals surface area (Å²) in [5.74, 6) is 0.221. The highest BCUT2D eigenvalue weighted by atomic mass is 32.1. The fourth-order valence-corrected chi connectivity index (χ4v) is 3.69. The zero-order chi connectivity index (χ0) is 11.8. The second-order valence-electron chi connectivity index (χ2n) is 5.07. The highest BCUT2D eigenvalue weighted by molar-refractivity contribution is 7.12. The molecule has 3 heterocycles. The molecule has 2 unspecified atom stereocenters. The highest BCUT2D eigenvalue weighted by Crippen LogP contribution is 2.26. The molecule has 1 amide bonds. The van der Waals surface area contributed by atoms with Crippen LogP contribution in [0.3, 0.4) is 0 Å². The van der Waals surface area contributed by atoms with E-state index in [2.05, 4.69) is 16.7 Å². The van der Waals surface area contributed by atoms with E-state index in [0.717, 1.165) is 18.0 Å². The third-order valence-electron chi connectivity index (χ3n) is 3.93. The van der Waals surface area contributed by atoms with Crippen LogP contribution in [-0.2, 0) is 0 Å². The van der Waals surface area contributed by atoms with Crippen molar-refractivity contribution in [3.05, 3.63) is 22.4 Å². The molecular weight excluding hydrogens is 232 g/mol. The molecule has 3 nitrogen and oxygen atoms in total. The minimum absolute atomic E-state index is 0.221. The molecule has 2 aliphatic rings. The number of amides is 1. The molecule has 0 N–H and O–H groups in total. The summed E-state index contributed by atoms with van der Waals surface area (Å²) in [7, 11) is 0. The molecule has 1 aromatic rings. The van der Waals surface area contributed by atoms with E-state index in [-0.39, 0.29) is 5.91 Å². The van der Waals surface area contributed by atoms with Crippen molar-refractivity contribution in [2.24, 2.45) is 0 Å². The summed E-state index contributed by atoms with van der Waals surface area (Å²) in [6.07, 6.45) is 2.54. The second kappa shape index (κ2) is 4.42. The first-order valence-corrected chi connectivity index (χ1v) is 7.22. The summed E-state index contributed by atoms with van der Waals surface area (Å²) in [6.45, 7) is 5.34.